The maximum Gasteiger partial charge on any atom is 0.358 e. The number of halogens is 3. The van der Waals surface area contributed by atoms with Crippen LogP contribution in [0.1, 0.15) is 31.3 Å². The number of carboxylic acids is 1. The molecule has 1 N–H and O–H groups in total. The van der Waals surface area contributed by atoms with Crippen LogP contribution in [0.5, 0.6) is 0 Å². The van der Waals surface area contributed by atoms with Crippen molar-refractivity contribution in [3.05, 3.63) is 31.9 Å². The van der Waals surface area contributed by atoms with E-state index in [1.165, 1.54) is 10.9 Å². The maximum atomic E-state index is 10.2. The van der Waals surface area contributed by atoms with E-state index >= 15 is 0 Å². The number of carboxylic acid groups (broad SMARTS) is 1. The Morgan fingerprint density at radius 2 is 1.52 bits per heavy atom. The van der Waals surface area contributed by atoms with Gasteiger partial charge in [0.2, 0.25) is 0 Å². The molecule has 0 atom stereocenters. The number of aryl methyl sites for hydroxylation is 3. The van der Waals surface area contributed by atoms with Crippen LogP contribution in [0.25, 0.3) is 0 Å². The lowest BCUT2D eigenvalue weighted by atomic mass is 10.5. The Hall–Kier alpha value is -1.67. The first-order valence-corrected chi connectivity index (χ1v) is 10.1. The maximum absolute atomic E-state index is 10.2. The molecule has 0 aliphatic heterocycles. The van der Waals surface area contributed by atoms with Crippen LogP contribution >= 0.6 is 47.8 Å². The SMILES string of the molecule is CCn1cc(Br)nn1.CCn1cc(C(=O)O)nn1.CCn1nnc(Br)c1Br. The topological polar surface area (TPSA) is 129 Å². The van der Waals surface area contributed by atoms with Crippen molar-refractivity contribution >= 4 is 53.8 Å². The number of hydrogen-bond donors (Lipinski definition) is 1. The molecule has 3 heterocycles. The van der Waals surface area contributed by atoms with Crippen LogP contribution in [0.2, 0.25) is 0 Å². The fraction of sp³-hybridized carbons (Fsp3) is 0.462. The fourth-order valence-electron chi connectivity index (χ4n) is 1.46. The molecular weight excluding hydrogens is 554 g/mol. The first-order valence-electron chi connectivity index (χ1n) is 7.75. The lowest BCUT2D eigenvalue weighted by molar-refractivity contribution is 0.0690. The number of hydrogen-bond acceptors (Lipinski definition) is 7. The molecule has 14 heteroatoms. The lowest BCUT2D eigenvalue weighted by Gasteiger charge is -1.91. The minimum absolute atomic E-state index is 0.0122. The fourth-order valence-corrected chi connectivity index (χ4v) is 2.45. The van der Waals surface area contributed by atoms with Gasteiger partial charge < -0.3 is 5.11 Å². The van der Waals surface area contributed by atoms with Crippen molar-refractivity contribution < 1.29 is 9.90 Å². The lowest BCUT2D eigenvalue weighted by Crippen LogP contribution is -1.95. The van der Waals surface area contributed by atoms with Gasteiger partial charge in [-0.1, -0.05) is 15.6 Å². The number of rotatable bonds is 4. The number of aromatic nitrogens is 9. The summed E-state index contributed by atoms with van der Waals surface area (Å²) in [6.45, 7) is 8.23. The summed E-state index contributed by atoms with van der Waals surface area (Å²) in [5.74, 6) is -1.04. The minimum atomic E-state index is -1.04. The van der Waals surface area contributed by atoms with Gasteiger partial charge in [0.15, 0.2) is 10.3 Å². The molecule has 27 heavy (non-hydrogen) atoms. The van der Waals surface area contributed by atoms with Gasteiger partial charge in [-0.15, -0.1) is 15.3 Å². The van der Waals surface area contributed by atoms with Crippen LogP contribution in [0.4, 0.5) is 0 Å². The smallest absolute Gasteiger partial charge is 0.358 e. The van der Waals surface area contributed by atoms with Gasteiger partial charge in [0.25, 0.3) is 0 Å². The Morgan fingerprint density at radius 3 is 1.78 bits per heavy atom. The van der Waals surface area contributed by atoms with Crippen molar-refractivity contribution in [2.24, 2.45) is 0 Å². The van der Waals surface area contributed by atoms with Crippen LogP contribution in [-0.4, -0.2) is 56.1 Å². The quantitative estimate of drug-likeness (QED) is 0.506. The van der Waals surface area contributed by atoms with Gasteiger partial charge in [0, 0.05) is 19.6 Å². The second-order valence-corrected chi connectivity index (χ2v) is 6.96. The molecule has 0 fully saturated rings. The van der Waals surface area contributed by atoms with E-state index in [-0.39, 0.29) is 5.69 Å². The van der Waals surface area contributed by atoms with E-state index in [1.54, 1.807) is 9.36 Å². The van der Waals surface area contributed by atoms with E-state index in [2.05, 4.69) is 78.7 Å². The molecule has 0 bridgehead atoms. The molecule has 0 saturated heterocycles. The van der Waals surface area contributed by atoms with Crippen LogP contribution in [0, 0.1) is 0 Å². The summed E-state index contributed by atoms with van der Waals surface area (Å²) in [6, 6.07) is 0. The first-order chi connectivity index (χ1) is 12.8. The summed E-state index contributed by atoms with van der Waals surface area (Å²) in [7, 11) is 0. The van der Waals surface area contributed by atoms with Crippen LogP contribution in [-0.2, 0) is 19.6 Å². The molecule has 0 spiro atoms. The highest BCUT2D eigenvalue weighted by Crippen LogP contribution is 2.18. The van der Waals surface area contributed by atoms with Crippen LogP contribution in [0.3, 0.4) is 0 Å². The Bertz CT molecular complexity index is 846. The van der Waals surface area contributed by atoms with Crippen molar-refractivity contribution in [2.75, 3.05) is 0 Å². The van der Waals surface area contributed by atoms with Crippen LogP contribution < -0.4 is 0 Å². The van der Waals surface area contributed by atoms with Crippen molar-refractivity contribution in [2.45, 2.75) is 40.4 Å². The number of carbonyl (C=O) groups is 1. The highest BCUT2D eigenvalue weighted by molar-refractivity contribution is 9.13. The predicted octanol–water partition coefficient (Wildman–Crippen LogP) is 2.88. The van der Waals surface area contributed by atoms with Gasteiger partial charge in [-0.05, 0) is 68.6 Å². The molecule has 3 rings (SSSR count). The average Bonchev–Trinajstić information content (AvgIpc) is 3.37. The number of aromatic carboxylic acids is 1. The molecule has 0 amide bonds. The minimum Gasteiger partial charge on any atom is -0.476 e. The summed E-state index contributed by atoms with van der Waals surface area (Å²) in [5, 5.41) is 30.4. The third-order valence-corrected chi connectivity index (χ3v) is 5.07. The van der Waals surface area contributed by atoms with Gasteiger partial charge in [-0.25, -0.2) is 9.48 Å². The Balaban J connectivity index is 0.000000204. The molecule has 0 radical (unpaired) electrons. The monoisotopic (exact) mass is 569 g/mol. The first kappa shape index (κ1) is 23.4. The average molecular weight is 572 g/mol. The zero-order chi connectivity index (χ0) is 20.4. The summed E-state index contributed by atoms with van der Waals surface area (Å²) in [6.07, 6.45) is 3.22. The van der Waals surface area contributed by atoms with Crippen molar-refractivity contribution in [1.82, 2.24) is 45.0 Å². The van der Waals surface area contributed by atoms with Gasteiger partial charge >= 0.3 is 5.97 Å². The van der Waals surface area contributed by atoms with Crippen molar-refractivity contribution in [1.29, 1.82) is 0 Å². The third kappa shape index (κ3) is 7.84. The molecule has 0 unspecified atom stereocenters. The molecule has 0 aliphatic carbocycles. The second kappa shape index (κ2) is 11.9. The van der Waals surface area contributed by atoms with E-state index in [9.17, 15) is 4.79 Å². The zero-order valence-electron chi connectivity index (χ0n) is 14.8. The summed E-state index contributed by atoms with van der Waals surface area (Å²) in [4.78, 5) is 10.2. The molecule has 0 aromatic carbocycles. The summed E-state index contributed by atoms with van der Waals surface area (Å²) in [5.41, 5.74) is -0.0122. The third-order valence-electron chi connectivity index (χ3n) is 2.85. The van der Waals surface area contributed by atoms with Gasteiger partial charge in [0.1, 0.15) is 9.21 Å². The predicted molar refractivity (Wildman–Crippen MR) is 107 cm³/mol. The molecule has 3 aromatic heterocycles. The van der Waals surface area contributed by atoms with Gasteiger partial charge in [-0.3, -0.25) is 9.36 Å². The molecule has 3 aromatic rings. The van der Waals surface area contributed by atoms with Gasteiger partial charge in [-0.2, -0.15) is 0 Å². The van der Waals surface area contributed by atoms with E-state index in [0.29, 0.717) is 6.54 Å². The molecule has 0 aliphatic rings. The van der Waals surface area contributed by atoms with Crippen LogP contribution in [0.15, 0.2) is 26.2 Å². The van der Waals surface area contributed by atoms with Crippen molar-refractivity contribution in [3.63, 3.8) is 0 Å². The largest absolute Gasteiger partial charge is 0.476 e. The highest BCUT2D eigenvalue weighted by atomic mass is 79.9. The van der Waals surface area contributed by atoms with E-state index in [1.807, 2.05) is 27.0 Å². The molecule has 0 saturated carbocycles. The molecule has 11 nitrogen and oxygen atoms in total. The second-order valence-electron chi connectivity index (χ2n) is 4.65. The Kier molecular flexibility index (Phi) is 10.3. The standard InChI is InChI=1S/C5H7N3O2.C4H5Br2N3.C4H6BrN3/c1-2-8-3-4(5(9)10)6-7-8;1-2-9-4(6)3(5)7-8-9;1-2-8-3-4(5)6-7-8/h3H,2H2,1H3,(H,9,10);2H2,1H3;3H,2H2,1H3. The van der Waals surface area contributed by atoms with E-state index in [4.69, 9.17) is 5.11 Å². The Morgan fingerprint density at radius 1 is 0.926 bits per heavy atom. The zero-order valence-corrected chi connectivity index (χ0v) is 19.5. The molecule has 148 valence electrons. The summed E-state index contributed by atoms with van der Waals surface area (Å²) < 4.78 is 7.41. The van der Waals surface area contributed by atoms with Crippen molar-refractivity contribution in [3.8, 4) is 0 Å². The normalized spacial score (nSPS) is 9.85. The molecular formula is C13H18Br3N9O2. The van der Waals surface area contributed by atoms with E-state index < -0.39 is 5.97 Å². The summed E-state index contributed by atoms with van der Waals surface area (Å²) >= 11 is 9.70. The van der Waals surface area contributed by atoms with Gasteiger partial charge in [0.05, 0.1) is 12.4 Å². The van der Waals surface area contributed by atoms with E-state index in [0.717, 1.165) is 26.9 Å². The highest BCUT2D eigenvalue weighted by Gasteiger charge is 2.06. The Labute approximate surface area is 180 Å². The number of nitrogens with zero attached hydrogens (tertiary/aromatic N) is 9.